The number of hydrogen-bond donors (Lipinski definition) is 3. The molecule has 0 saturated heterocycles. The molecule has 0 bridgehead atoms. The molecule has 3 N–H and O–H groups in total. The number of carbonyl (C=O) groups is 1. The Hall–Kier alpha value is -1.49. The van der Waals surface area contributed by atoms with Crippen LogP contribution in [0.15, 0.2) is 24.3 Å². The Morgan fingerprint density at radius 3 is 2.14 bits per heavy atom. The highest BCUT2D eigenvalue weighted by Gasteiger charge is 2.13. The molecular weight excluding hydrogens is 332 g/mol. The maximum Gasteiger partial charge on any atom is 0.335 e. The van der Waals surface area contributed by atoms with Gasteiger partial charge in [0.25, 0.3) is 0 Å². The number of nitrogens with one attached hydrogen (secondary N) is 2. The van der Waals surface area contributed by atoms with Crippen LogP contribution >= 0.6 is 0 Å². The Bertz CT molecular complexity index is 710. The van der Waals surface area contributed by atoms with Crippen LogP contribution in [0.5, 0.6) is 0 Å². The fourth-order valence-corrected chi connectivity index (χ4v) is 3.11. The highest BCUT2D eigenvalue weighted by Crippen LogP contribution is 2.04. The number of aromatic carboxylic acids is 1. The van der Waals surface area contributed by atoms with Gasteiger partial charge in [-0.05, 0) is 24.6 Å². The van der Waals surface area contributed by atoms with Crippen molar-refractivity contribution in [3.8, 4) is 0 Å². The molecule has 0 aliphatic heterocycles. The molecule has 0 unspecified atom stereocenters. The molecular formula is C12H18N2O6S2. The van der Waals surface area contributed by atoms with Crippen molar-refractivity contribution in [1.29, 1.82) is 0 Å². The number of rotatable bonds is 9. The van der Waals surface area contributed by atoms with E-state index >= 15 is 0 Å². The Labute approximate surface area is 129 Å². The molecule has 0 aliphatic rings. The SMILES string of the molecule is CCS(=O)(=O)NCCS(=O)(=O)NCc1ccc(C(=O)O)cc1. The zero-order valence-electron chi connectivity index (χ0n) is 11.9. The van der Waals surface area contributed by atoms with Crippen LogP contribution in [0.4, 0.5) is 0 Å². The van der Waals surface area contributed by atoms with E-state index in [1.54, 1.807) is 0 Å². The molecule has 0 heterocycles. The molecule has 0 spiro atoms. The van der Waals surface area contributed by atoms with Crippen molar-refractivity contribution in [2.45, 2.75) is 13.5 Å². The van der Waals surface area contributed by atoms with Crippen LogP contribution in [-0.4, -0.2) is 46.0 Å². The second kappa shape index (κ2) is 7.68. The Morgan fingerprint density at radius 2 is 1.64 bits per heavy atom. The fourth-order valence-electron chi connectivity index (χ4n) is 1.46. The lowest BCUT2D eigenvalue weighted by atomic mass is 10.1. The van der Waals surface area contributed by atoms with Crippen LogP contribution in [0.3, 0.4) is 0 Å². The van der Waals surface area contributed by atoms with Crippen LogP contribution in [0, 0.1) is 0 Å². The minimum atomic E-state index is -3.63. The van der Waals surface area contributed by atoms with E-state index in [9.17, 15) is 21.6 Å². The predicted octanol–water partition coefficient (Wildman–Crippen LogP) is -0.256. The minimum absolute atomic E-state index is 0.00274. The first-order valence-corrected chi connectivity index (χ1v) is 9.72. The average Bonchev–Trinajstić information content (AvgIpc) is 2.45. The molecule has 1 aromatic rings. The van der Waals surface area contributed by atoms with Crippen LogP contribution in [0.25, 0.3) is 0 Å². The van der Waals surface area contributed by atoms with Crippen LogP contribution in [0.1, 0.15) is 22.8 Å². The topological polar surface area (TPSA) is 130 Å². The van der Waals surface area contributed by atoms with Gasteiger partial charge in [0.15, 0.2) is 0 Å². The molecule has 8 nitrogen and oxygen atoms in total. The van der Waals surface area contributed by atoms with E-state index in [0.717, 1.165) is 0 Å². The van der Waals surface area contributed by atoms with Crippen molar-refractivity contribution < 1.29 is 26.7 Å². The highest BCUT2D eigenvalue weighted by atomic mass is 32.2. The molecule has 0 atom stereocenters. The lowest BCUT2D eigenvalue weighted by molar-refractivity contribution is 0.0697. The third kappa shape index (κ3) is 6.52. The second-order valence-electron chi connectivity index (χ2n) is 4.44. The monoisotopic (exact) mass is 350 g/mol. The molecule has 0 saturated carbocycles. The van der Waals surface area contributed by atoms with Gasteiger partial charge >= 0.3 is 5.97 Å². The van der Waals surface area contributed by atoms with Gasteiger partial charge in [-0.3, -0.25) is 0 Å². The first kappa shape index (κ1) is 18.6. The number of sulfonamides is 2. The van der Waals surface area contributed by atoms with E-state index in [0.29, 0.717) is 5.56 Å². The van der Waals surface area contributed by atoms with Gasteiger partial charge in [-0.15, -0.1) is 0 Å². The molecule has 0 aromatic heterocycles. The van der Waals surface area contributed by atoms with E-state index < -0.39 is 26.0 Å². The first-order valence-electron chi connectivity index (χ1n) is 6.42. The zero-order valence-corrected chi connectivity index (χ0v) is 13.6. The Balaban J connectivity index is 2.50. The molecule has 124 valence electrons. The number of carboxylic acids is 1. The van der Waals surface area contributed by atoms with E-state index in [1.165, 1.54) is 31.2 Å². The lowest BCUT2D eigenvalue weighted by Gasteiger charge is -2.08. The molecule has 0 amide bonds. The average molecular weight is 350 g/mol. The zero-order chi connectivity index (χ0) is 16.8. The summed E-state index contributed by atoms with van der Waals surface area (Å²) in [6.07, 6.45) is 0. The van der Waals surface area contributed by atoms with Crippen molar-refractivity contribution >= 4 is 26.0 Å². The Morgan fingerprint density at radius 1 is 1.05 bits per heavy atom. The molecule has 22 heavy (non-hydrogen) atoms. The van der Waals surface area contributed by atoms with Crippen molar-refractivity contribution in [2.24, 2.45) is 0 Å². The summed E-state index contributed by atoms with van der Waals surface area (Å²) in [5.74, 6) is -1.55. The summed E-state index contributed by atoms with van der Waals surface area (Å²) in [5, 5.41) is 8.75. The van der Waals surface area contributed by atoms with Gasteiger partial charge < -0.3 is 5.11 Å². The van der Waals surface area contributed by atoms with Gasteiger partial charge in [0.1, 0.15) is 0 Å². The van der Waals surface area contributed by atoms with Crippen LogP contribution < -0.4 is 9.44 Å². The quantitative estimate of drug-likeness (QED) is 0.563. The smallest absolute Gasteiger partial charge is 0.335 e. The van der Waals surface area contributed by atoms with Gasteiger partial charge in [-0.2, -0.15) is 0 Å². The largest absolute Gasteiger partial charge is 0.478 e. The van der Waals surface area contributed by atoms with E-state index in [-0.39, 0.29) is 30.2 Å². The molecule has 0 aliphatic carbocycles. The third-order valence-electron chi connectivity index (χ3n) is 2.77. The lowest BCUT2D eigenvalue weighted by Crippen LogP contribution is -2.34. The maximum atomic E-state index is 11.7. The molecule has 10 heteroatoms. The van der Waals surface area contributed by atoms with E-state index in [4.69, 9.17) is 5.11 Å². The molecule has 0 radical (unpaired) electrons. The van der Waals surface area contributed by atoms with Crippen molar-refractivity contribution in [2.75, 3.05) is 18.1 Å². The van der Waals surface area contributed by atoms with Crippen molar-refractivity contribution in [3.05, 3.63) is 35.4 Å². The van der Waals surface area contributed by atoms with Crippen LogP contribution in [-0.2, 0) is 26.6 Å². The summed E-state index contributed by atoms with van der Waals surface area (Å²) in [5.41, 5.74) is 0.711. The summed E-state index contributed by atoms with van der Waals surface area (Å²) in [6.45, 7) is 1.25. The van der Waals surface area contributed by atoms with Gasteiger partial charge in [0, 0.05) is 13.1 Å². The standard InChI is InChI=1S/C12H18N2O6S2/c1-2-21(17,18)13-7-8-22(19,20)14-9-10-3-5-11(6-4-10)12(15)16/h3-6,13-14H,2,7-9H2,1H3,(H,15,16). The summed E-state index contributed by atoms with van der Waals surface area (Å²) in [6, 6.07) is 5.76. The minimum Gasteiger partial charge on any atom is -0.478 e. The fraction of sp³-hybridized carbons (Fsp3) is 0.417. The van der Waals surface area contributed by atoms with Gasteiger partial charge in [-0.25, -0.2) is 31.1 Å². The van der Waals surface area contributed by atoms with Gasteiger partial charge in [-0.1, -0.05) is 12.1 Å². The Kier molecular flexibility index (Phi) is 6.48. The highest BCUT2D eigenvalue weighted by molar-refractivity contribution is 7.90. The maximum absolute atomic E-state index is 11.7. The molecule has 1 rings (SSSR count). The molecule has 1 aromatic carbocycles. The summed E-state index contributed by atoms with van der Waals surface area (Å²) < 4.78 is 50.3. The predicted molar refractivity (Wildman–Crippen MR) is 81.5 cm³/mol. The normalized spacial score (nSPS) is 12.2. The third-order valence-corrected chi connectivity index (χ3v) is 5.50. The van der Waals surface area contributed by atoms with Crippen molar-refractivity contribution in [3.63, 3.8) is 0 Å². The number of hydrogen-bond acceptors (Lipinski definition) is 5. The number of benzene rings is 1. The van der Waals surface area contributed by atoms with Gasteiger partial charge in [0.05, 0.1) is 17.1 Å². The van der Waals surface area contributed by atoms with E-state index in [2.05, 4.69) is 9.44 Å². The summed E-state index contributed by atoms with van der Waals surface area (Å²) >= 11 is 0. The first-order chi connectivity index (χ1) is 10.2. The van der Waals surface area contributed by atoms with E-state index in [1.807, 2.05) is 0 Å². The second-order valence-corrected chi connectivity index (χ2v) is 8.46. The molecule has 0 fully saturated rings. The summed E-state index contributed by atoms with van der Waals surface area (Å²) in [4.78, 5) is 10.7. The van der Waals surface area contributed by atoms with Crippen LogP contribution in [0.2, 0.25) is 0 Å². The van der Waals surface area contributed by atoms with Crippen molar-refractivity contribution in [1.82, 2.24) is 9.44 Å². The number of carboxylic acid groups (broad SMARTS) is 1. The van der Waals surface area contributed by atoms with Gasteiger partial charge in [0.2, 0.25) is 20.0 Å². The summed E-state index contributed by atoms with van der Waals surface area (Å²) in [7, 11) is -7.05.